The van der Waals surface area contributed by atoms with Crippen LogP contribution in [0.1, 0.15) is 13.3 Å². The molecular formula is C18H17ClN4O2S. The van der Waals surface area contributed by atoms with Gasteiger partial charge in [-0.25, -0.2) is 0 Å². The van der Waals surface area contributed by atoms with Crippen LogP contribution in [0.4, 0.5) is 5.82 Å². The number of ether oxygens (including phenoxy) is 1. The summed E-state index contributed by atoms with van der Waals surface area (Å²) in [6.07, 6.45) is 1.03. The number of hydrogen-bond donors (Lipinski definition) is 2. The van der Waals surface area contributed by atoms with E-state index in [9.17, 15) is 4.79 Å². The molecule has 2 aromatic heterocycles. The van der Waals surface area contributed by atoms with Crippen LogP contribution in [0, 0.1) is 0 Å². The van der Waals surface area contributed by atoms with Crippen LogP contribution >= 0.6 is 22.9 Å². The maximum atomic E-state index is 11.4. The van der Waals surface area contributed by atoms with E-state index in [4.69, 9.17) is 16.3 Å². The Hall–Kier alpha value is -2.22. The molecule has 1 saturated heterocycles. The Morgan fingerprint density at radius 1 is 1.38 bits per heavy atom. The fourth-order valence-corrected chi connectivity index (χ4v) is 4.25. The van der Waals surface area contributed by atoms with E-state index >= 15 is 0 Å². The second-order valence-corrected chi connectivity index (χ2v) is 7.63. The SMILES string of the molecule is CC(=O)Oc1nnc(NC2CCNC2)c2cc(-c3cccc(Cl)c3)sc12. The summed E-state index contributed by atoms with van der Waals surface area (Å²) in [5, 5.41) is 16.7. The topological polar surface area (TPSA) is 76.1 Å². The minimum absolute atomic E-state index is 0.237. The second kappa shape index (κ2) is 7.19. The molecule has 26 heavy (non-hydrogen) atoms. The van der Waals surface area contributed by atoms with Crippen molar-refractivity contribution in [1.82, 2.24) is 15.5 Å². The lowest BCUT2D eigenvalue weighted by Crippen LogP contribution is -2.23. The van der Waals surface area contributed by atoms with E-state index in [0.29, 0.717) is 16.9 Å². The summed E-state index contributed by atoms with van der Waals surface area (Å²) in [6, 6.07) is 10.0. The molecule has 1 aliphatic rings. The smallest absolute Gasteiger partial charge is 0.309 e. The molecule has 134 valence electrons. The molecule has 2 N–H and O–H groups in total. The molecule has 1 aromatic carbocycles. The van der Waals surface area contributed by atoms with Crippen molar-refractivity contribution in [3.05, 3.63) is 35.4 Å². The minimum atomic E-state index is -0.418. The fourth-order valence-electron chi connectivity index (χ4n) is 2.99. The molecule has 6 nitrogen and oxygen atoms in total. The fraction of sp³-hybridized carbons (Fsp3) is 0.278. The molecule has 4 rings (SSSR count). The molecule has 0 aliphatic carbocycles. The van der Waals surface area contributed by atoms with E-state index in [0.717, 1.165) is 40.0 Å². The molecule has 1 fully saturated rings. The van der Waals surface area contributed by atoms with Gasteiger partial charge in [0, 0.05) is 34.8 Å². The number of fused-ring (bicyclic) bond motifs is 1. The van der Waals surface area contributed by atoms with Crippen LogP contribution in [0.3, 0.4) is 0 Å². The number of carbonyl (C=O) groups excluding carboxylic acids is 1. The Morgan fingerprint density at radius 2 is 2.27 bits per heavy atom. The number of nitrogens with one attached hydrogen (secondary N) is 2. The Balaban J connectivity index is 1.81. The van der Waals surface area contributed by atoms with Gasteiger partial charge in [0.25, 0.3) is 5.88 Å². The largest absolute Gasteiger partial charge is 0.404 e. The molecular weight excluding hydrogens is 372 g/mol. The van der Waals surface area contributed by atoms with E-state index in [2.05, 4.69) is 20.8 Å². The van der Waals surface area contributed by atoms with Gasteiger partial charge in [-0.3, -0.25) is 4.79 Å². The maximum absolute atomic E-state index is 11.4. The van der Waals surface area contributed by atoms with Crippen LogP contribution in [0.15, 0.2) is 30.3 Å². The minimum Gasteiger partial charge on any atom is -0.404 e. The molecule has 0 spiro atoms. The van der Waals surface area contributed by atoms with Gasteiger partial charge in [-0.1, -0.05) is 23.7 Å². The Morgan fingerprint density at radius 3 is 3.00 bits per heavy atom. The van der Waals surface area contributed by atoms with Gasteiger partial charge in [-0.15, -0.1) is 21.5 Å². The number of rotatable bonds is 4. The van der Waals surface area contributed by atoms with Crippen molar-refractivity contribution < 1.29 is 9.53 Å². The van der Waals surface area contributed by atoms with Crippen molar-refractivity contribution in [2.45, 2.75) is 19.4 Å². The normalized spacial score (nSPS) is 16.8. The second-order valence-electron chi connectivity index (χ2n) is 6.15. The maximum Gasteiger partial charge on any atom is 0.309 e. The standard InChI is InChI=1S/C18H17ClN4O2S/c1-10(24)25-18-16-14(17(22-23-18)21-13-5-6-20-9-13)8-15(26-16)11-3-2-4-12(19)7-11/h2-4,7-8,13,20H,5-6,9H2,1H3,(H,21,22). The highest BCUT2D eigenvalue weighted by Gasteiger charge is 2.20. The quantitative estimate of drug-likeness (QED) is 0.663. The first-order valence-corrected chi connectivity index (χ1v) is 9.51. The number of aromatic nitrogens is 2. The molecule has 0 saturated carbocycles. The van der Waals surface area contributed by atoms with Gasteiger partial charge in [-0.2, -0.15) is 0 Å². The molecule has 0 bridgehead atoms. The summed E-state index contributed by atoms with van der Waals surface area (Å²) in [4.78, 5) is 12.4. The van der Waals surface area contributed by atoms with Gasteiger partial charge < -0.3 is 15.4 Å². The van der Waals surface area contributed by atoms with E-state index in [1.165, 1.54) is 18.3 Å². The van der Waals surface area contributed by atoms with Crippen molar-refractivity contribution in [2.75, 3.05) is 18.4 Å². The van der Waals surface area contributed by atoms with Gasteiger partial charge in [-0.05, 0) is 36.7 Å². The summed E-state index contributed by atoms with van der Waals surface area (Å²) in [6.45, 7) is 3.23. The van der Waals surface area contributed by atoms with Crippen LogP contribution in [-0.4, -0.2) is 35.3 Å². The summed E-state index contributed by atoms with van der Waals surface area (Å²) in [5.41, 5.74) is 1.00. The van der Waals surface area contributed by atoms with Crippen molar-refractivity contribution in [3.63, 3.8) is 0 Å². The first-order chi connectivity index (χ1) is 12.6. The third-order valence-corrected chi connectivity index (χ3v) is 5.58. The summed E-state index contributed by atoms with van der Waals surface area (Å²) < 4.78 is 6.05. The lowest BCUT2D eigenvalue weighted by Gasteiger charge is -2.12. The van der Waals surface area contributed by atoms with Gasteiger partial charge in [0.05, 0.1) is 0 Å². The average molecular weight is 389 g/mol. The van der Waals surface area contributed by atoms with Crippen LogP contribution < -0.4 is 15.4 Å². The lowest BCUT2D eigenvalue weighted by molar-refractivity contribution is -0.132. The molecule has 1 atom stereocenters. The summed E-state index contributed by atoms with van der Waals surface area (Å²) in [5.74, 6) is 0.522. The zero-order valence-corrected chi connectivity index (χ0v) is 15.7. The third kappa shape index (κ3) is 3.51. The molecule has 0 amide bonds. The molecule has 0 radical (unpaired) electrons. The van der Waals surface area contributed by atoms with Crippen molar-refractivity contribution >= 4 is 44.8 Å². The van der Waals surface area contributed by atoms with Gasteiger partial charge >= 0.3 is 5.97 Å². The molecule has 1 aliphatic heterocycles. The van der Waals surface area contributed by atoms with Crippen LogP contribution in [0.5, 0.6) is 5.88 Å². The molecule has 1 unspecified atom stereocenters. The average Bonchev–Trinajstić information content (AvgIpc) is 3.26. The number of nitrogens with zero attached hydrogens (tertiary/aromatic N) is 2. The van der Waals surface area contributed by atoms with Crippen LogP contribution in [0.25, 0.3) is 20.5 Å². The Kier molecular flexibility index (Phi) is 4.76. The monoisotopic (exact) mass is 388 g/mol. The van der Waals surface area contributed by atoms with Crippen molar-refractivity contribution in [2.24, 2.45) is 0 Å². The van der Waals surface area contributed by atoms with E-state index in [1.54, 1.807) is 0 Å². The van der Waals surface area contributed by atoms with Gasteiger partial charge in [0.15, 0.2) is 5.82 Å². The highest BCUT2D eigenvalue weighted by Crippen LogP contribution is 2.40. The van der Waals surface area contributed by atoms with Crippen LogP contribution in [-0.2, 0) is 4.79 Å². The predicted molar refractivity (Wildman–Crippen MR) is 104 cm³/mol. The van der Waals surface area contributed by atoms with Crippen LogP contribution in [0.2, 0.25) is 5.02 Å². The zero-order valence-electron chi connectivity index (χ0n) is 14.1. The highest BCUT2D eigenvalue weighted by molar-refractivity contribution is 7.22. The summed E-state index contributed by atoms with van der Waals surface area (Å²) in [7, 11) is 0. The van der Waals surface area contributed by atoms with Gasteiger partial charge in [0.2, 0.25) is 0 Å². The van der Waals surface area contributed by atoms with E-state index in [-0.39, 0.29) is 5.88 Å². The summed E-state index contributed by atoms with van der Waals surface area (Å²) >= 11 is 7.64. The predicted octanol–water partition coefficient (Wildman–Crippen LogP) is 3.71. The lowest BCUT2D eigenvalue weighted by atomic mass is 10.1. The van der Waals surface area contributed by atoms with E-state index in [1.807, 2.05) is 30.3 Å². The van der Waals surface area contributed by atoms with Gasteiger partial charge in [0.1, 0.15) is 4.70 Å². The number of esters is 1. The number of benzene rings is 1. The number of halogens is 1. The zero-order chi connectivity index (χ0) is 18.1. The van der Waals surface area contributed by atoms with Crippen molar-refractivity contribution in [3.8, 4) is 16.3 Å². The highest BCUT2D eigenvalue weighted by atomic mass is 35.5. The first kappa shape index (κ1) is 17.2. The third-order valence-electron chi connectivity index (χ3n) is 4.17. The number of carbonyl (C=O) groups is 1. The Labute approximate surface area is 159 Å². The number of anilines is 1. The molecule has 3 heterocycles. The van der Waals surface area contributed by atoms with E-state index < -0.39 is 5.97 Å². The Bertz CT molecular complexity index is 969. The first-order valence-electron chi connectivity index (χ1n) is 8.32. The van der Waals surface area contributed by atoms with Crippen molar-refractivity contribution in [1.29, 1.82) is 0 Å². The molecule has 3 aromatic rings. The number of hydrogen-bond acceptors (Lipinski definition) is 7. The molecule has 8 heteroatoms. The number of thiophene rings is 1.